The largest absolute Gasteiger partial charge is 0.502 e. The maximum absolute atomic E-state index is 9.77. The van der Waals surface area contributed by atoms with E-state index in [0.29, 0.717) is 24.5 Å². The van der Waals surface area contributed by atoms with Crippen LogP contribution >= 0.6 is 0 Å². The summed E-state index contributed by atoms with van der Waals surface area (Å²) in [5.74, 6) is 0.786. The first-order valence-corrected chi connectivity index (χ1v) is 5.90. The van der Waals surface area contributed by atoms with Crippen LogP contribution < -0.4 is 14.8 Å². The second-order valence-corrected chi connectivity index (χ2v) is 4.14. The molecule has 5 heteroatoms. The number of ether oxygens (including phenoxy) is 2. The minimum atomic E-state index is 0.00663. The van der Waals surface area contributed by atoms with Crippen LogP contribution in [-0.2, 0) is 6.54 Å². The van der Waals surface area contributed by atoms with Gasteiger partial charge in [-0.3, -0.25) is 0 Å². The molecule has 0 aliphatic rings. The zero-order chi connectivity index (χ0) is 13.5. The summed E-state index contributed by atoms with van der Waals surface area (Å²) >= 11 is 0. The van der Waals surface area contributed by atoms with Gasteiger partial charge in [-0.05, 0) is 31.0 Å². The van der Waals surface area contributed by atoms with Gasteiger partial charge in [0, 0.05) is 19.2 Å². The Kier molecular flexibility index (Phi) is 5.74. The van der Waals surface area contributed by atoms with Crippen LogP contribution in [0.3, 0.4) is 0 Å². The molecule has 102 valence electrons. The molecule has 0 saturated heterocycles. The normalized spacial score (nSPS) is 12.2. The average Bonchev–Trinajstić information content (AvgIpc) is 2.37. The van der Waals surface area contributed by atoms with Crippen molar-refractivity contribution < 1.29 is 19.7 Å². The van der Waals surface area contributed by atoms with E-state index in [-0.39, 0.29) is 18.4 Å². The van der Waals surface area contributed by atoms with Crippen LogP contribution in [-0.4, -0.2) is 37.1 Å². The number of aliphatic hydroxyl groups excluding tert-OH is 1. The summed E-state index contributed by atoms with van der Waals surface area (Å²) in [6.45, 7) is 2.79. The van der Waals surface area contributed by atoms with Crippen molar-refractivity contribution in [2.24, 2.45) is 0 Å². The van der Waals surface area contributed by atoms with E-state index in [1.54, 1.807) is 12.1 Å². The molecule has 0 saturated carbocycles. The van der Waals surface area contributed by atoms with E-state index >= 15 is 0 Å². The molecule has 0 amide bonds. The number of rotatable bonds is 7. The van der Waals surface area contributed by atoms with Crippen LogP contribution in [0.1, 0.15) is 18.9 Å². The molecule has 0 bridgehead atoms. The Labute approximate surface area is 107 Å². The third-order valence-corrected chi connectivity index (χ3v) is 2.76. The molecule has 1 aromatic rings. The molecule has 0 aliphatic heterocycles. The highest BCUT2D eigenvalue weighted by atomic mass is 16.5. The van der Waals surface area contributed by atoms with Gasteiger partial charge in [-0.25, -0.2) is 0 Å². The summed E-state index contributed by atoms with van der Waals surface area (Å²) in [7, 11) is 3.00. The number of phenolic OH excluding ortho intramolecular Hbond substituents is 1. The summed E-state index contributed by atoms with van der Waals surface area (Å²) in [5.41, 5.74) is 0.950. The maximum atomic E-state index is 9.77. The van der Waals surface area contributed by atoms with Crippen molar-refractivity contribution in [3.8, 4) is 17.2 Å². The maximum Gasteiger partial charge on any atom is 0.200 e. The fourth-order valence-corrected chi connectivity index (χ4v) is 1.64. The summed E-state index contributed by atoms with van der Waals surface area (Å²) in [4.78, 5) is 0. The van der Waals surface area contributed by atoms with Crippen LogP contribution in [0.4, 0.5) is 0 Å². The zero-order valence-corrected chi connectivity index (χ0v) is 11.1. The molecular weight excluding hydrogens is 234 g/mol. The van der Waals surface area contributed by atoms with Gasteiger partial charge in [0.1, 0.15) is 0 Å². The minimum Gasteiger partial charge on any atom is -0.502 e. The van der Waals surface area contributed by atoms with Gasteiger partial charge < -0.3 is 25.0 Å². The molecule has 1 atom stereocenters. The van der Waals surface area contributed by atoms with E-state index in [9.17, 15) is 5.11 Å². The summed E-state index contributed by atoms with van der Waals surface area (Å²) in [5, 5.41) is 21.9. The number of nitrogens with one attached hydrogen (secondary N) is 1. The number of aliphatic hydroxyl groups is 1. The van der Waals surface area contributed by atoms with Crippen molar-refractivity contribution in [3.63, 3.8) is 0 Å². The predicted molar refractivity (Wildman–Crippen MR) is 69.2 cm³/mol. The highest BCUT2D eigenvalue weighted by Gasteiger charge is 2.11. The van der Waals surface area contributed by atoms with E-state index in [1.165, 1.54) is 14.2 Å². The van der Waals surface area contributed by atoms with Crippen LogP contribution in [0.2, 0.25) is 0 Å². The first kappa shape index (κ1) is 14.6. The monoisotopic (exact) mass is 255 g/mol. The van der Waals surface area contributed by atoms with Gasteiger partial charge in [0.25, 0.3) is 0 Å². The molecule has 18 heavy (non-hydrogen) atoms. The number of hydrogen-bond acceptors (Lipinski definition) is 5. The van der Waals surface area contributed by atoms with Crippen molar-refractivity contribution in [2.45, 2.75) is 25.9 Å². The molecule has 0 heterocycles. The lowest BCUT2D eigenvalue weighted by atomic mass is 10.1. The molecule has 1 rings (SSSR count). The van der Waals surface area contributed by atoms with Crippen molar-refractivity contribution in [1.82, 2.24) is 5.32 Å². The Morgan fingerprint density at radius 1 is 1.22 bits per heavy atom. The van der Waals surface area contributed by atoms with Gasteiger partial charge in [0.05, 0.1) is 14.2 Å². The average molecular weight is 255 g/mol. The molecular formula is C13H21NO4. The number of methoxy groups -OCH3 is 2. The smallest absolute Gasteiger partial charge is 0.200 e. The van der Waals surface area contributed by atoms with Gasteiger partial charge in [0.15, 0.2) is 11.5 Å². The molecule has 0 aliphatic carbocycles. The summed E-state index contributed by atoms with van der Waals surface area (Å²) in [6, 6.07) is 3.74. The number of hydrogen-bond donors (Lipinski definition) is 3. The van der Waals surface area contributed by atoms with E-state index in [2.05, 4.69) is 5.32 Å². The Morgan fingerprint density at radius 2 is 1.78 bits per heavy atom. The minimum absolute atomic E-state index is 0.00663. The van der Waals surface area contributed by atoms with E-state index in [4.69, 9.17) is 14.6 Å². The Morgan fingerprint density at radius 3 is 2.22 bits per heavy atom. The van der Waals surface area contributed by atoms with Crippen LogP contribution in [0, 0.1) is 0 Å². The molecule has 1 aromatic carbocycles. The molecule has 0 spiro atoms. The molecule has 1 unspecified atom stereocenters. The predicted octanol–water partition coefficient (Wildman–Crippen LogP) is 1.27. The van der Waals surface area contributed by atoms with Crippen LogP contribution in [0.25, 0.3) is 0 Å². The summed E-state index contributed by atoms with van der Waals surface area (Å²) in [6.07, 6.45) is 0.701. The molecule has 0 fully saturated rings. The van der Waals surface area contributed by atoms with Gasteiger partial charge in [-0.1, -0.05) is 0 Å². The molecule has 0 aromatic heterocycles. The highest BCUT2D eigenvalue weighted by molar-refractivity contribution is 5.52. The van der Waals surface area contributed by atoms with Crippen LogP contribution in [0.15, 0.2) is 12.1 Å². The zero-order valence-electron chi connectivity index (χ0n) is 11.1. The Balaban J connectivity index is 2.77. The third kappa shape index (κ3) is 3.78. The topological polar surface area (TPSA) is 71.0 Å². The van der Waals surface area contributed by atoms with Crippen molar-refractivity contribution in [1.29, 1.82) is 0 Å². The number of aromatic hydroxyl groups is 1. The van der Waals surface area contributed by atoms with Gasteiger partial charge >= 0.3 is 0 Å². The highest BCUT2D eigenvalue weighted by Crippen LogP contribution is 2.36. The van der Waals surface area contributed by atoms with Gasteiger partial charge in [-0.2, -0.15) is 0 Å². The van der Waals surface area contributed by atoms with Gasteiger partial charge in [0.2, 0.25) is 5.75 Å². The standard InChI is InChI=1S/C13H21NO4/c1-9(4-5-15)14-8-10-6-11(17-2)13(16)12(7-10)18-3/h6-7,9,14-16H,4-5,8H2,1-3H3. The lowest BCUT2D eigenvalue weighted by molar-refractivity contribution is 0.268. The molecule has 0 radical (unpaired) electrons. The van der Waals surface area contributed by atoms with Crippen molar-refractivity contribution in [2.75, 3.05) is 20.8 Å². The lowest BCUT2D eigenvalue weighted by Gasteiger charge is -2.14. The van der Waals surface area contributed by atoms with E-state index < -0.39 is 0 Å². The quantitative estimate of drug-likeness (QED) is 0.684. The summed E-state index contributed by atoms with van der Waals surface area (Å²) < 4.78 is 10.2. The van der Waals surface area contributed by atoms with E-state index in [1.807, 2.05) is 6.92 Å². The lowest BCUT2D eigenvalue weighted by Crippen LogP contribution is -2.26. The first-order chi connectivity index (χ1) is 8.62. The van der Waals surface area contributed by atoms with Crippen LogP contribution in [0.5, 0.6) is 17.2 Å². The van der Waals surface area contributed by atoms with Crippen molar-refractivity contribution >= 4 is 0 Å². The second kappa shape index (κ2) is 7.08. The number of phenols is 1. The SMILES string of the molecule is COc1cc(CNC(C)CCO)cc(OC)c1O. The van der Waals surface area contributed by atoms with Gasteiger partial charge in [-0.15, -0.1) is 0 Å². The second-order valence-electron chi connectivity index (χ2n) is 4.14. The molecule has 3 N–H and O–H groups in total. The Hall–Kier alpha value is -1.46. The van der Waals surface area contributed by atoms with E-state index in [0.717, 1.165) is 5.56 Å². The number of benzene rings is 1. The molecule has 5 nitrogen and oxygen atoms in total. The third-order valence-electron chi connectivity index (χ3n) is 2.76. The first-order valence-electron chi connectivity index (χ1n) is 5.90. The fraction of sp³-hybridized carbons (Fsp3) is 0.538. The fourth-order valence-electron chi connectivity index (χ4n) is 1.64. The Bertz CT molecular complexity index is 356. The van der Waals surface area contributed by atoms with Crippen molar-refractivity contribution in [3.05, 3.63) is 17.7 Å².